The first kappa shape index (κ1) is 20.2. The van der Waals surface area contributed by atoms with Gasteiger partial charge in [-0.1, -0.05) is 18.2 Å². The van der Waals surface area contributed by atoms with E-state index in [1.165, 1.54) is 0 Å². The minimum absolute atomic E-state index is 0.0457. The van der Waals surface area contributed by atoms with Crippen LogP contribution in [0.2, 0.25) is 0 Å². The highest BCUT2D eigenvalue weighted by Crippen LogP contribution is 2.09. The third kappa shape index (κ3) is 7.41. The highest BCUT2D eigenvalue weighted by molar-refractivity contribution is 5.78. The van der Waals surface area contributed by atoms with Crippen LogP contribution in [-0.2, 0) is 19.1 Å². The molecule has 1 aromatic rings. The standard InChI is InChI=1S/C19H28N2O5/c1-2-25-19(23)8-9-21(11-10-20-12-14-24-15-13-20)18(22)16-26-17-6-4-3-5-7-17/h3-7H,2,8-16H2,1H3. The minimum Gasteiger partial charge on any atom is -0.484 e. The van der Waals surface area contributed by atoms with E-state index >= 15 is 0 Å². The Kier molecular flexibility index (Phi) is 8.92. The molecule has 0 spiro atoms. The monoisotopic (exact) mass is 364 g/mol. The normalized spacial score (nSPS) is 14.7. The van der Waals surface area contributed by atoms with Gasteiger partial charge in [0.2, 0.25) is 0 Å². The van der Waals surface area contributed by atoms with Gasteiger partial charge in [-0.3, -0.25) is 14.5 Å². The lowest BCUT2D eigenvalue weighted by atomic mass is 10.3. The predicted octanol–water partition coefficient (Wildman–Crippen LogP) is 1.18. The van der Waals surface area contributed by atoms with Crippen molar-refractivity contribution < 1.29 is 23.8 Å². The molecule has 144 valence electrons. The number of benzene rings is 1. The zero-order valence-electron chi connectivity index (χ0n) is 15.4. The third-order valence-electron chi connectivity index (χ3n) is 4.14. The van der Waals surface area contributed by atoms with Crippen molar-refractivity contribution in [1.29, 1.82) is 0 Å². The molecule has 0 atom stereocenters. The average molecular weight is 364 g/mol. The molecule has 0 N–H and O–H groups in total. The van der Waals surface area contributed by atoms with Crippen molar-refractivity contribution in [3.8, 4) is 5.75 Å². The van der Waals surface area contributed by atoms with E-state index in [4.69, 9.17) is 14.2 Å². The van der Waals surface area contributed by atoms with Gasteiger partial charge in [-0.25, -0.2) is 0 Å². The van der Waals surface area contributed by atoms with Crippen LogP contribution in [0.3, 0.4) is 0 Å². The van der Waals surface area contributed by atoms with Crippen LogP contribution in [0.4, 0.5) is 0 Å². The molecule has 2 rings (SSSR count). The molecule has 0 bridgehead atoms. The Hall–Kier alpha value is -2.12. The maximum absolute atomic E-state index is 12.6. The quantitative estimate of drug-likeness (QED) is 0.581. The fourth-order valence-electron chi connectivity index (χ4n) is 2.66. The number of rotatable bonds is 10. The zero-order chi connectivity index (χ0) is 18.6. The molecule has 0 aliphatic carbocycles. The second-order valence-electron chi connectivity index (χ2n) is 5.99. The van der Waals surface area contributed by atoms with Gasteiger partial charge in [-0.15, -0.1) is 0 Å². The first-order valence-corrected chi connectivity index (χ1v) is 9.10. The average Bonchev–Trinajstić information content (AvgIpc) is 2.68. The van der Waals surface area contributed by atoms with Crippen molar-refractivity contribution in [2.24, 2.45) is 0 Å². The van der Waals surface area contributed by atoms with Crippen molar-refractivity contribution in [1.82, 2.24) is 9.80 Å². The second-order valence-corrected chi connectivity index (χ2v) is 5.99. The van der Waals surface area contributed by atoms with Gasteiger partial charge >= 0.3 is 5.97 Å². The van der Waals surface area contributed by atoms with Gasteiger partial charge in [0, 0.05) is 32.7 Å². The lowest BCUT2D eigenvalue weighted by Crippen LogP contribution is -2.44. The molecule has 1 aliphatic rings. The molecule has 1 aliphatic heterocycles. The molecule has 1 fully saturated rings. The third-order valence-corrected chi connectivity index (χ3v) is 4.14. The number of hydrogen-bond donors (Lipinski definition) is 0. The molecule has 0 unspecified atom stereocenters. The highest BCUT2D eigenvalue weighted by atomic mass is 16.5. The van der Waals surface area contributed by atoms with Crippen LogP contribution in [0.25, 0.3) is 0 Å². The molecule has 1 heterocycles. The second kappa shape index (κ2) is 11.5. The van der Waals surface area contributed by atoms with Gasteiger partial charge in [0.15, 0.2) is 6.61 Å². The van der Waals surface area contributed by atoms with Gasteiger partial charge in [-0.05, 0) is 19.1 Å². The fraction of sp³-hybridized carbons (Fsp3) is 0.579. The van der Waals surface area contributed by atoms with Crippen molar-refractivity contribution in [2.75, 3.05) is 59.2 Å². The summed E-state index contributed by atoms with van der Waals surface area (Å²) in [5.41, 5.74) is 0. The smallest absolute Gasteiger partial charge is 0.307 e. The summed E-state index contributed by atoms with van der Waals surface area (Å²) in [5, 5.41) is 0. The maximum atomic E-state index is 12.6. The molecular weight excluding hydrogens is 336 g/mol. The van der Waals surface area contributed by atoms with Crippen molar-refractivity contribution in [3.05, 3.63) is 30.3 Å². The lowest BCUT2D eigenvalue weighted by Gasteiger charge is -2.30. The number of carbonyl (C=O) groups is 2. The molecule has 7 nitrogen and oxygen atoms in total. The van der Waals surface area contributed by atoms with E-state index in [9.17, 15) is 9.59 Å². The maximum Gasteiger partial charge on any atom is 0.307 e. The van der Waals surface area contributed by atoms with Crippen LogP contribution < -0.4 is 4.74 Å². The zero-order valence-corrected chi connectivity index (χ0v) is 15.4. The summed E-state index contributed by atoms with van der Waals surface area (Å²) < 4.78 is 15.9. The van der Waals surface area contributed by atoms with Gasteiger partial charge in [0.1, 0.15) is 5.75 Å². The molecule has 1 aromatic carbocycles. The Balaban J connectivity index is 1.84. The summed E-state index contributed by atoms with van der Waals surface area (Å²) in [6.07, 6.45) is 0.189. The Morgan fingerprint density at radius 2 is 1.88 bits per heavy atom. The summed E-state index contributed by atoms with van der Waals surface area (Å²) in [6, 6.07) is 9.23. The van der Waals surface area contributed by atoms with E-state index in [1.807, 2.05) is 30.3 Å². The fourth-order valence-corrected chi connectivity index (χ4v) is 2.66. The molecular formula is C19H28N2O5. The summed E-state index contributed by atoms with van der Waals surface area (Å²) >= 11 is 0. The van der Waals surface area contributed by atoms with Crippen LogP contribution >= 0.6 is 0 Å². The SMILES string of the molecule is CCOC(=O)CCN(CCN1CCOCC1)C(=O)COc1ccccc1. The van der Waals surface area contributed by atoms with E-state index in [2.05, 4.69) is 4.90 Å². The van der Waals surface area contributed by atoms with Crippen molar-refractivity contribution in [2.45, 2.75) is 13.3 Å². The number of para-hydroxylation sites is 1. The molecule has 0 aromatic heterocycles. The van der Waals surface area contributed by atoms with Gasteiger partial charge in [0.05, 0.1) is 26.2 Å². The van der Waals surface area contributed by atoms with E-state index in [-0.39, 0.29) is 24.9 Å². The number of morpholine rings is 1. The first-order valence-electron chi connectivity index (χ1n) is 9.10. The highest BCUT2D eigenvalue weighted by Gasteiger charge is 2.18. The van der Waals surface area contributed by atoms with E-state index < -0.39 is 0 Å². The predicted molar refractivity (Wildman–Crippen MR) is 97.0 cm³/mol. The van der Waals surface area contributed by atoms with E-state index in [0.717, 1.165) is 19.6 Å². The van der Waals surface area contributed by atoms with E-state index in [0.29, 0.717) is 38.7 Å². The van der Waals surface area contributed by atoms with Crippen molar-refractivity contribution in [3.63, 3.8) is 0 Å². The van der Waals surface area contributed by atoms with Crippen molar-refractivity contribution >= 4 is 11.9 Å². The van der Waals surface area contributed by atoms with Crippen LogP contribution in [0.15, 0.2) is 30.3 Å². The molecule has 0 radical (unpaired) electrons. The van der Waals surface area contributed by atoms with E-state index in [1.54, 1.807) is 11.8 Å². The van der Waals surface area contributed by atoms with Crippen LogP contribution in [0.1, 0.15) is 13.3 Å². The number of amides is 1. The molecule has 0 saturated carbocycles. The molecule has 7 heteroatoms. The summed E-state index contributed by atoms with van der Waals surface area (Å²) in [6.45, 7) is 6.86. The number of ether oxygens (including phenoxy) is 3. The van der Waals surface area contributed by atoms with Crippen LogP contribution in [0, 0.1) is 0 Å². The Morgan fingerprint density at radius 1 is 1.15 bits per heavy atom. The number of esters is 1. The summed E-state index contributed by atoms with van der Waals surface area (Å²) in [5.74, 6) is 0.228. The molecule has 26 heavy (non-hydrogen) atoms. The molecule has 1 amide bonds. The minimum atomic E-state index is -0.291. The summed E-state index contributed by atoms with van der Waals surface area (Å²) in [4.78, 5) is 28.1. The van der Waals surface area contributed by atoms with Gasteiger partial charge in [-0.2, -0.15) is 0 Å². The Labute approximate surface area is 154 Å². The van der Waals surface area contributed by atoms with Crippen LogP contribution in [-0.4, -0.2) is 80.8 Å². The topological polar surface area (TPSA) is 68.3 Å². The van der Waals surface area contributed by atoms with Crippen LogP contribution in [0.5, 0.6) is 5.75 Å². The largest absolute Gasteiger partial charge is 0.484 e. The number of hydrogen-bond acceptors (Lipinski definition) is 6. The lowest BCUT2D eigenvalue weighted by molar-refractivity contribution is -0.144. The summed E-state index contributed by atoms with van der Waals surface area (Å²) in [7, 11) is 0. The Bertz CT molecular complexity index is 546. The number of carbonyl (C=O) groups excluding carboxylic acids is 2. The molecule has 1 saturated heterocycles. The Morgan fingerprint density at radius 3 is 2.58 bits per heavy atom. The first-order chi connectivity index (χ1) is 12.7. The van der Waals surface area contributed by atoms with Gasteiger partial charge < -0.3 is 19.1 Å². The van der Waals surface area contributed by atoms with Gasteiger partial charge in [0.25, 0.3) is 5.91 Å². The number of nitrogens with zero attached hydrogens (tertiary/aromatic N) is 2.